The van der Waals surface area contributed by atoms with Gasteiger partial charge in [-0.25, -0.2) is 0 Å². The zero-order valence-corrected chi connectivity index (χ0v) is 14.2. The molecule has 0 aliphatic carbocycles. The number of rotatable bonds is 2. The number of ether oxygens (including phenoxy) is 2. The molecule has 2 atom stereocenters. The summed E-state index contributed by atoms with van der Waals surface area (Å²) in [6, 6.07) is 14.4. The van der Waals surface area contributed by atoms with Crippen molar-refractivity contribution >= 4 is 5.71 Å². The maximum Gasteiger partial charge on any atom is 0.356 e. The molecule has 24 heavy (non-hydrogen) atoms. The fraction of sp³-hybridized carbons (Fsp3) is 0.350. The van der Waals surface area contributed by atoms with Crippen LogP contribution in [0.4, 0.5) is 0 Å². The first-order valence-electron chi connectivity index (χ1n) is 8.26. The summed E-state index contributed by atoms with van der Waals surface area (Å²) >= 11 is 0. The lowest BCUT2D eigenvalue weighted by atomic mass is 9.94. The van der Waals surface area contributed by atoms with Crippen molar-refractivity contribution in [2.75, 3.05) is 6.61 Å². The highest BCUT2D eigenvalue weighted by atomic mass is 16.9. The Kier molecular flexibility index (Phi) is 3.66. The average molecular weight is 323 g/mol. The van der Waals surface area contributed by atoms with Crippen molar-refractivity contribution in [3.63, 3.8) is 0 Å². The quantitative estimate of drug-likeness (QED) is 0.832. The van der Waals surface area contributed by atoms with Crippen LogP contribution in [0.2, 0.25) is 0 Å². The molecule has 2 aliphatic heterocycles. The van der Waals surface area contributed by atoms with E-state index in [4.69, 9.17) is 14.3 Å². The molecule has 4 rings (SSSR count). The summed E-state index contributed by atoms with van der Waals surface area (Å²) in [5, 5.41) is 4.29. The first-order chi connectivity index (χ1) is 11.6. The Morgan fingerprint density at radius 3 is 2.46 bits per heavy atom. The van der Waals surface area contributed by atoms with Crippen molar-refractivity contribution in [2.45, 2.75) is 39.3 Å². The van der Waals surface area contributed by atoms with Crippen LogP contribution in [0.15, 0.2) is 47.6 Å². The van der Waals surface area contributed by atoms with Gasteiger partial charge >= 0.3 is 5.97 Å². The second-order valence-electron chi connectivity index (χ2n) is 6.59. The Labute approximate surface area is 142 Å². The van der Waals surface area contributed by atoms with Crippen LogP contribution in [0.25, 0.3) is 0 Å². The molecule has 2 aromatic rings. The van der Waals surface area contributed by atoms with Gasteiger partial charge in [-0.3, -0.25) is 0 Å². The number of nitrogens with zero attached hydrogens (tertiary/aromatic N) is 1. The summed E-state index contributed by atoms with van der Waals surface area (Å²) in [5.74, 6) is -1.08. The van der Waals surface area contributed by atoms with Gasteiger partial charge in [0.1, 0.15) is 6.10 Å². The molecule has 4 nitrogen and oxygen atoms in total. The molecule has 1 unspecified atom stereocenters. The maximum atomic E-state index is 6.09. The van der Waals surface area contributed by atoms with E-state index in [0.29, 0.717) is 13.0 Å². The van der Waals surface area contributed by atoms with Gasteiger partial charge in [0, 0.05) is 5.56 Å². The van der Waals surface area contributed by atoms with Crippen LogP contribution < -0.4 is 0 Å². The van der Waals surface area contributed by atoms with Crippen LogP contribution >= 0.6 is 0 Å². The molecule has 0 amide bonds. The molecule has 0 radical (unpaired) electrons. The Bertz CT molecular complexity index is 777. The van der Waals surface area contributed by atoms with Crippen LogP contribution in [0, 0.1) is 20.8 Å². The third kappa shape index (κ3) is 2.62. The molecule has 2 heterocycles. The van der Waals surface area contributed by atoms with Crippen molar-refractivity contribution in [1.29, 1.82) is 0 Å². The topological polar surface area (TPSA) is 40.0 Å². The summed E-state index contributed by atoms with van der Waals surface area (Å²) < 4.78 is 12.0. The van der Waals surface area contributed by atoms with Crippen LogP contribution in [0.3, 0.4) is 0 Å². The molecule has 0 saturated carbocycles. The van der Waals surface area contributed by atoms with Crippen LogP contribution in [-0.4, -0.2) is 18.3 Å². The second-order valence-corrected chi connectivity index (χ2v) is 6.59. The first kappa shape index (κ1) is 15.4. The van der Waals surface area contributed by atoms with Gasteiger partial charge < -0.3 is 14.3 Å². The van der Waals surface area contributed by atoms with E-state index in [0.717, 1.165) is 16.8 Å². The van der Waals surface area contributed by atoms with E-state index in [1.54, 1.807) is 0 Å². The van der Waals surface area contributed by atoms with E-state index in [2.05, 4.69) is 38.1 Å². The first-order valence-corrected chi connectivity index (χ1v) is 8.26. The largest absolute Gasteiger partial charge is 0.356 e. The number of hydrogen-bond acceptors (Lipinski definition) is 4. The van der Waals surface area contributed by atoms with Gasteiger partial charge in [0.05, 0.1) is 18.7 Å². The van der Waals surface area contributed by atoms with Crippen molar-refractivity contribution in [3.8, 4) is 0 Å². The predicted molar refractivity (Wildman–Crippen MR) is 91.8 cm³/mol. The molecule has 0 aromatic heterocycles. The highest BCUT2D eigenvalue weighted by Crippen LogP contribution is 2.41. The van der Waals surface area contributed by atoms with Crippen molar-refractivity contribution < 1.29 is 14.3 Å². The van der Waals surface area contributed by atoms with E-state index >= 15 is 0 Å². The van der Waals surface area contributed by atoms with Crippen LogP contribution in [0.1, 0.15) is 40.3 Å². The minimum Gasteiger partial charge on any atom is -0.331 e. The summed E-state index contributed by atoms with van der Waals surface area (Å²) in [4.78, 5) is 5.60. The molecule has 0 N–H and O–H groups in total. The molecule has 1 spiro atoms. The fourth-order valence-corrected chi connectivity index (χ4v) is 3.62. The van der Waals surface area contributed by atoms with Crippen molar-refractivity contribution in [3.05, 3.63) is 70.3 Å². The minimum absolute atomic E-state index is 0.124. The van der Waals surface area contributed by atoms with Gasteiger partial charge in [0.2, 0.25) is 0 Å². The summed E-state index contributed by atoms with van der Waals surface area (Å²) in [6.07, 6.45) is 0.377. The molecular weight excluding hydrogens is 302 g/mol. The van der Waals surface area contributed by atoms with E-state index in [9.17, 15) is 0 Å². The molecule has 0 bridgehead atoms. The Hall–Kier alpha value is -2.17. The Morgan fingerprint density at radius 2 is 1.75 bits per heavy atom. The standard InChI is InChI=1S/C20H21NO3/c1-13-9-14(2)19(15(3)10-13)17-11-20(24-21-17)22-12-18(23-20)16-7-5-4-6-8-16/h4-10,18H,11-12H2,1-3H3/t18-,20?/m0/s1. The summed E-state index contributed by atoms with van der Waals surface area (Å²) in [7, 11) is 0. The van der Waals surface area contributed by atoms with Crippen molar-refractivity contribution in [2.24, 2.45) is 5.16 Å². The fourth-order valence-electron chi connectivity index (χ4n) is 3.62. The average Bonchev–Trinajstić information content (AvgIpc) is 3.15. The number of oxime groups is 1. The van der Waals surface area contributed by atoms with Gasteiger partial charge in [-0.05, 0) is 37.5 Å². The van der Waals surface area contributed by atoms with Crippen molar-refractivity contribution in [1.82, 2.24) is 0 Å². The van der Waals surface area contributed by atoms with E-state index in [-0.39, 0.29) is 6.10 Å². The van der Waals surface area contributed by atoms with Crippen LogP contribution in [0.5, 0.6) is 0 Å². The zero-order chi connectivity index (χ0) is 16.7. The smallest absolute Gasteiger partial charge is 0.331 e. The maximum absolute atomic E-state index is 6.09. The lowest BCUT2D eigenvalue weighted by Gasteiger charge is -2.19. The monoisotopic (exact) mass is 323 g/mol. The predicted octanol–water partition coefficient (Wildman–Crippen LogP) is 4.18. The lowest BCUT2D eigenvalue weighted by Crippen LogP contribution is -2.30. The highest BCUT2D eigenvalue weighted by Gasteiger charge is 2.50. The van der Waals surface area contributed by atoms with E-state index in [1.165, 1.54) is 16.7 Å². The third-order valence-corrected chi connectivity index (χ3v) is 4.59. The normalized spacial score (nSPS) is 25.8. The molecule has 2 aliphatic rings. The molecule has 124 valence electrons. The highest BCUT2D eigenvalue weighted by molar-refractivity contribution is 6.03. The minimum atomic E-state index is -1.08. The molecule has 4 heteroatoms. The molecule has 2 aromatic carbocycles. The second kappa shape index (κ2) is 5.72. The summed E-state index contributed by atoms with van der Waals surface area (Å²) in [6.45, 7) is 6.78. The molecular formula is C20H21NO3. The Balaban J connectivity index is 1.55. The molecule has 1 fully saturated rings. The van der Waals surface area contributed by atoms with Gasteiger partial charge in [-0.1, -0.05) is 53.2 Å². The number of aryl methyl sites for hydroxylation is 3. The van der Waals surface area contributed by atoms with Crippen LogP contribution in [-0.2, 0) is 14.3 Å². The van der Waals surface area contributed by atoms with Gasteiger partial charge in [-0.15, -0.1) is 0 Å². The summed E-state index contributed by atoms with van der Waals surface area (Å²) in [5.41, 5.74) is 6.76. The third-order valence-electron chi connectivity index (χ3n) is 4.59. The van der Waals surface area contributed by atoms with E-state index in [1.807, 2.05) is 30.3 Å². The molecule has 1 saturated heterocycles. The number of benzene rings is 2. The zero-order valence-electron chi connectivity index (χ0n) is 14.2. The van der Waals surface area contributed by atoms with Gasteiger partial charge in [0.25, 0.3) is 0 Å². The van der Waals surface area contributed by atoms with Gasteiger partial charge in [-0.2, -0.15) is 0 Å². The Morgan fingerprint density at radius 1 is 1.04 bits per heavy atom. The lowest BCUT2D eigenvalue weighted by molar-refractivity contribution is -0.323. The van der Waals surface area contributed by atoms with E-state index < -0.39 is 5.97 Å². The van der Waals surface area contributed by atoms with Gasteiger partial charge in [0.15, 0.2) is 0 Å². The SMILES string of the molecule is Cc1cc(C)c(C2=NOC3(C2)OC[C@@H](c2ccccc2)O3)c(C)c1. The number of hydrogen-bond donors (Lipinski definition) is 0.